The maximum Gasteiger partial charge on any atom is 0.240 e. The number of piperazine rings is 1. The molecule has 136 valence electrons. The SMILES string of the molecule is O=C1NCCN(Cc2ccc(OCc3ccccn3)cc2)C12CCCC2. The second-order valence-electron chi connectivity index (χ2n) is 7.17. The van der Waals surface area contributed by atoms with Crippen LogP contribution >= 0.6 is 0 Å². The van der Waals surface area contributed by atoms with Crippen LogP contribution in [0.15, 0.2) is 48.7 Å². The smallest absolute Gasteiger partial charge is 0.240 e. The van der Waals surface area contributed by atoms with Crippen molar-refractivity contribution in [3.8, 4) is 5.75 Å². The molecule has 1 spiro atoms. The predicted octanol–water partition coefficient (Wildman–Crippen LogP) is 2.91. The standard InChI is InChI=1S/C21H25N3O2/c25-20-21(10-2-3-11-21)24(14-13-23-20)15-17-6-8-19(9-7-17)26-16-18-5-1-4-12-22-18/h1,4-9,12H,2-3,10-11,13-16H2,(H,23,25). The van der Waals surface area contributed by atoms with Crippen molar-refractivity contribution in [3.63, 3.8) is 0 Å². The number of aromatic nitrogens is 1. The number of hydrogen-bond acceptors (Lipinski definition) is 4. The summed E-state index contributed by atoms with van der Waals surface area (Å²) in [7, 11) is 0. The number of nitrogens with zero attached hydrogens (tertiary/aromatic N) is 2. The second-order valence-corrected chi connectivity index (χ2v) is 7.17. The summed E-state index contributed by atoms with van der Waals surface area (Å²) >= 11 is 0. The number of ether oxygens (including phenoxy) is 1. The van der Waals surface area contributed by atoms with Crippen molar-refractivity contribution >= 4 is 5.91 Å². The fraction of sp³-hybridized carbons (Fsp3) is 0.429. The quantitative estimate of drug-likeness (QED) is 0.900. The lowest BCUT2D eigenvalue weighted by atomic mass is 9.91. The van der Waals surface area contributed by atoms with E-state index in [0.29, 0.717) is 6.61 Å². The average molecular weight is 351 g/mol. The topological polar surface area (TPSA) is 54.5 Å². The third kappa shape index (κ3) is 3.44. The van der Waals surface area contributed by atoms with E-state index in [4.69, 9.17) is 4.74 Å². The van der Waals surface area contributed by atoms with Crippen LogP contribution in [0, 0.1) is 0 Å². The highest BCUT2D eigenvalue weighted by atomic mass is 16.5. The molecule has 1 amide bonds. The molecule has 5 nitrogen and oxygen atoms in total. The van der Waals surface area contributed by atoms with Crippen molar-refractivity contribution in [3.05, 3.63) is 59.9 Å². The number of carbonyl (C=O) groups is 1. The molecule has 0 bridgehead atoms. The number of benzene rings is 1. The molecule has 1 aromatic carbocycles. The molecular formula is C21H25N3O2. The van der Waals surface area contributed by atoms with Gasteiger partial charge in [-0.1, -0.05) is 31.0 Å². The summed E-state index contributed by atoms with van der Waals surface area (Å²) in [5, 5.41) is 3.07. The van der Waals surface area contributed by atoms with Crippen LogP contribution in [0.1, 0.15) is 36.9 Å². The minimum atomic E-state index is -0.285. The van der Waals surface area contributed by atoms with E-state index in [1.165, 1.54) is 5.56 Å². The van der Waals surface area contributed by atoms with Gasteiger partial charge in [0.15, 0.2) is 0 Å². The third-order valence-corrected chi connectivity index (χ3v) is 5.54. The molecule has 26 heavy (non-hydrogen) atoms. The Labute approximate surface area is 154 Å². The predicted molar refractivity (Wildman–Crippen MR) is 99.6 cm³/mol. The fourth-order valence-corrected chi connectivity index (χ4v) is 4.11. The first-order valence-electron chi connectivity index (χ1n) is 9.41. The number of amides is 1. The zero-order chi connectivity index (χ0) is 17.8. The van der Waals surface area contributed by atoms with Gasteiger partial charge in [0.25, 0.3) is 0 Å². The molecule has 1 aliphatic carbocycles. The van der Waals surface area contributed by atoms with Crippen LogP contribution in [-0.2, 0) is 17.9 Å². The first-order chi connectivity index (χ1) is 12.8. The molecule has 2 heterocycles. The van der Waals surface area contributed by atoms with E-state index in [9.17, 15) is 4.79 Å². The number of carbonyl (C=O) groups excluding carboxylic acids is 1. The zero-order valence-corrected chi connectivity index (χ0v) is 15.0. The molecule has 0 unspecified atom stereocenters. The molecule has 2 aliphatic rings. The maximum absolute atomic E-state index is 12.5. The van der Waals surface area contributed by atoms with E-state index in [2.05, 4.69) is 27.3 Å². The van der Waals surface area contributed by atoms with Gasteiger partial charge >= 0.3 is 0 Å². The first-order valence-corrected chi connectivity index (χ1v) is 9.41. The number of pyridine rings is 1. The Morgan fingerprint density at radius 3 is 2.65 bits per heavy atom. The first kappa shape index (κ1) is 17.0. The van der Waals surface area contributed by atoms with Gasteiger partial charge in [-0.15, -0.1) is 0 Å². The molecule has 0 radical (unpaired) electrons. The van der Waals surface area contributed by atoms with Crippen LogP contribution in [0.4, 0.5) is 0 Å². The van der Waals surface area contributed by atoms with Gasteiger partial charge in [-0.05, 0) is 42.7 Å². The van der Waals surface area contributed by atoms with E-state index >= 15 is 0 Å². The largest absolute Gasteiger partial charge is 0.487 e. The summed E-state index contributed by atoms with van der Waals surface area (Å²) in [5.41, 5.74) is 1.85. The lowest BCUT2D eigenvalue weighted by Crippen LogP contribution is -2.63. The molecule has 1 aliphatic heterocycles. The normalized spacial score (nSPS) is 19.5. The van der Waals surface area contributed by atoms with Crippen molar-refractivity contribution in [1.82, 2.24) is 15.2 Å². The Hall–Kier alpha value is -2.40. The lowest BCUT2D eigenvalue weighted by Gasteiger charge is -2.43. The molecule has 1 aromatic heterocycles. The Morgan fingerprint density at radius 2 is 1.92 bits per heavy atom. The minimum Gasteiger partial charge on any atom is -0.487 e. The van der Waals surface area contributed by atoms with Crippen LogP contribution in [0.5, 0.6) is 5.75 Å². The summed E-state index contributed by atoms with van der Waals surface area (Å²) in [6.45, 7) is 2.94. The molecule has 0 atom stereocenters. The van der Waals surface area contributed by atoms with Crippen molar-refractivity contribution < 1.29 is 9.53 Å². The monoisotopic (exact) mass is 351 g/mol. The second kappa shape index (κ2) is 7.46. The van der Waals surface area contributed by atoms with Gasteiger partial charge < -0.3 is 10.1 Å². The Bertz CT molecular complexity index is 740. The van der Waals surface area contributed by atoms with Crippen molar-refractivity contribution in [2.75, 3.05) is 13.1 Å². The molecule has 1 N–H and O–H groups in total. The zero-order valence-electron chi connectivity index (χ0n) is 15.0. The Morgan fingerprint density at radius 1 is 1.12 bits per heavy atom. The van der Waals surface area contributed by atoms with Gasteiger partial charge in [0, 0.05) is 25.8 Å². The van der Waals surface area contributed by atoms with Gasteiger partial charge in [0.05, 0.1) is 5.69 Å². The van der Waals surface area contributed by atoms with E-state index < -0.39 is 0 Å². The van der Waals surface area contributed by atoms with E-state index in [1.807, 2.05) is 30.3 Å². The van der Waals surface area contributed by atoms with Gasteiger partial charge in [-0.25, -0.2) is 0 Å². The molecule has 4 rings (SSSR count). The minimum absolute atomic E-state index is 0.219. The van der Waals surface area contributed by atoms with Gasteiger partial charge in [-0.2, -0.15) is 0 Å². The fourth-order valence-electron chi connectivity index (χ4n) is 4.11. The number of rotatable bonds is 5. The van der Waals surface area contributed by atoms with Crippen LogP contribution in [-0.4, -0.2) is 34.4 Å². The number of hydrogen-bond donors (Lipinski definition) is 1. The van der Waals surface area contributed by atoms with Crippen LogP contribution in [0.2, 0.25) is 0 Å². The molecule has 2 fully saturated rings. The van der Waals surface area contributed by atoms with Crippen LogP contribution in [0.3, 0.4) is 0 Å². The van der Waals surface area contributed by atoms with Crippen molar-refractivity contribution in [2.24, 2.45) is 0 Å². The summed E-state index contributed by atoms with van der Waals surface area (Å²) in [5.74, 6) is 1.06. The molecule has 1 saturated heterocycles. The summed E-state index contributed by atoms with van der Waals surface area (Å²) in [4.78, 5) is 19.2. The van der Waals surface area contributed by atoms with Crippen LogP contribution < -0.4 is 10.1 Å². The van der Waals surface area contributed by atoms with Crippen LogP contribution in [0.25, 0.3) is 0 Å². The lowest BCUT2D eigenvalue weighted by molar-refractivity contribution is -0.137. The highest BCUT2D eigenvalue weighted by Crippen LogP contribution is 2.37. The molecule has 1 saturated carbocycles. The van der Waals surface area contributed by atoms with Gasteiger partial charge in [0.2, 0.25) is 5.91 Å². The van der Waals surface area contributed by atoms with E-state index in [0.717, 1.165) is 56.8 Å². The summed E-state index contributed by atoms with van der Waals surface area (Å²) in [6.07, 6.45) is 6.01. The highest BCUT2D eigenvalue weighted by Gasteiger charge is 2.47. The van der Waals surface area contributed by atoms with Gasteiger partial charge in [-0.3, -0.25) is 14.7 Å². The summed E-state index contributed by atoms with van der Waals surface area (Å²) < 4.78 is 5.81. The molecule has 2 aromatic rings. The van der Waals surface area contributed by atoms with Gasteiger partial charge in [0.1, 0.15) is 17.9 Å². The summed E-state index contributed by atoms with van der Waals surface area (Å²) in [6, 6.07) is 14.0. The van der Waals surface area contributed by atoms with Crippen molar-refractivity contribution in [2.45, 2.75) is 44.4 Å². The maximum atomic E-state index is 12.5. The third-order valence-electron chi connectivity index (χ3n) is 5.54. The van der Waals surface area contributed by atoms with Crippen molar-refractivity contribution in [1.29, 1.82) is 0 Å². The van der Waals surface area contributed by atoms with E-state index in [1.54, 1.807) is 6.20 Å². The Balaban J connectivity index is 1.40. The Kier molecular flexibility index (Phi) is 4.89. The average Bonchev–Trinajstić information content (AvgIpc) is 3.17. The molecular weight excluding hydrogens is 326 g/mol. The van der Waals surface area contributed by atoms with E-state index in [-0.39, 0.29) is 11.4 Å². The number of nitrogens with one attached hydrogen (secondary N) is 1. The molecule has 5 heteroatoms. The highest BCUT2D eigenvalue weighted by molar-refractivity contribution is 5.87.